The molecule has 1 aliphatic heterocycles. The van der Waals surface area contributed by atoms with Crippen LogP contribution in [0.15, 0.2) is 79.3 Å². The highest BCUT2D eigenvalue weighted by Crippen LogP contribution is 2.33. The monoisotopic (exact) mass is 467 g/mol. The molecule has 0 saturated carbocycles. The first-order valence-electron chi connectivity index (χ1n) is 11.4. The maximum Gasteiger partial charge on any atom is 0.258 e. The van der Waals surface area contributed by atoms with Crippen molar-refractivity contribution in [3.8, 4) is 11.6 Å². The molecule has 8 heteroatoms. The summed E-state index contributed by atoms with van der Waals surface area (Å²) in [7, 11) is 1.63. The molecule has 0 radical (unpaired) electrons. The Morgan fingerprint density at radius 3 is 2.63 bits per heavy atom. The fourth-order valence-corrected chi connectivity index (χ4v) is 3.95. The Kier molecular flexibility index (Phi) is 6.52. The van der Waals surface area contributed by atoms with Gasteiger partial charge < -0.3 is 19.7 Å². The Bertz CT molecular complexity index is 1310. The fourth-order valence-electron chi connectivity index (χ4n) is 3.95. The van der Waals surface area contributed by atoms with Crippen molar-refractivity contribution in [1.82, 2.24) is 20.3 Å². The van der Waals surface area contributed by atoms with E-state index in [-0.39, 0.29) is 24.0 Å². The van der Waals surface area contributed by atoms with Crippen molar-refractivity contribution in [2.24, 2.45) is 0 Å². The SMILES string of the molecule is COc1ccc(COc2nc(N3CCc4ccccc43)ncc2C(=O)NCc2ccncc2)cc1. The highest BCUT2D eigenvalue weighted by atomic mass is 16.5. The molecule has 4 aromatic rings. The summed E-state index contributed by atoms with van der Waals surface area (Å²) in [5, 5.41) is 2.92. The molecular formula is C27H25N5O3. The number of anilines is 2. The highest BCUT2D eigenvalue weighted by molar-refractivity contribution is 5.96. The summed E-state index contributed by atoms with van der Waals surface area (Å²) in [6, 6.07) is 19.5. The summed E-state index contributed by atoms with van der Waals surface area (Å²) in [6.07, 6.45) is 5.83. The predicted molar refractivity (Wildman–Crippen MR) is 132 cm³/mol. The van der Waals surface area contributed by atoms with Gasteiger partial charge >= 0.3 is 0 Å². The first-order chi connectivity index (χ1) is 17.2. The minimum atomic E-state index is -0.306. The second-order valence-electron chi connectivity index (χ2n) is 8.09. The number of benzene rings is 2. The summed E-state index contributed by atoms with van der Waals surface area (Å²) in [4.78, 5) is 28.3. The van der Waals surface area contributed by atoms with Gasteiger partial charge in [0.1, 0.15) is 17.9 Å². The van der Waals surface area contributed by atoms with Crippen molar-refractivity contribution < 1.29 is 14.3 Å². The molecule has 0 saturated heterocycles. The van der Waals surface area contributed by atoms with E-state index in [1.165, 1.54) is 11.8 Å². The van der Waals surface area contributed by atoms with E-state index in [0.717, 1.165) is 35.5 Å². The second-order valence-corrected chi connectivity index (χ2v) is 8.09. The Balaban J connectivity index is 1.40. The lowest BCUT2D eigenvalue weighted by Gasteiger charge is -2.19. The van der Waals surface area contributed by atoms with Crippen LogP contribution in [0.5, 0.6) is 11.6 Å². The van der Waals surface area contributed by atoms with Crippen LogP contribution in [-0.4, -0.2) is 34.5 Å². The molecule has 0 spiro atoms. The summed E-state index contributed by atoms with van der Waals surface area (Å²) in [5.41, 5.74) is 4.48. The van der Waals surface area contributed by atoms with Crippen LogP contribution in [0.4, 0.5) is 11.6 Å². The van der Waals surface area contributed by atoms with Gasteiger partial charge in [-0.3, -0.25) is 9.78 Å². The molecule has 0 aliphatic carbocycles. The second kappa shape index (κ2) is 10.2. The van der Waals surface area contributed by atoms with Gasteiger partial charge in [-0.15, -0.1) is 0 Å². The van der Waals surface area contributed by atoms with Gasteiger partial charge in [0.05, 0.1) is 7.11 Å². The first-order valence-corrected chi connectivity index (χ1v) is 11.4. The molecule has 1 amide bonds. The number of hydrogen-bond donors (Lipinski definition) is 1. The Morgan fingerprint density at radius 2 is 1.83 bits per heavy atom. The molecule has 1 N–H and O–H groups in total. The van der Waals surface area contributed by atoms with Crippen molar-refractivity contribution in [1.29, 1.82) is 0 Å². The number of ether oxygens (including phenoxy) is 2. The molecule has 0 fully saturated rings. The van der Waals surface area contributed by atoms with E-state index in [1.807, 2.05) is 53.4 Å². The van der Waals surface area contributed by atoms with E-state index in [1.54, 1.807) is 19.5 Å². The summed E-state index contributed by atoms with van der Waals surface area (Å²) in [5.74, 6) is 1.20. The average molecular weight is 468 g/mol. The van der Waals surface area contributed by atoms with E-state index in [4.69, 9.17) is 9.47 Å². The number of amides is 1. The quantitative estimate of drug-likeness (QED) is 0.418. The standard InChI is InChI=1S/C27H25N5O3/c1-34-22-8-6-20(7-9-22)18-35-26-23(25(33)29-16-19-10-13-28-14-11-19)17-30-27(31-26)32-15-12-21-4-2-3-5-24(21)32/h2-11,13-14,17H,12,15-16,18H2,1H3,(H,29,33). The molecule has 35 heavy (non-hydrogen) atoms. The van der Waals surface area contributed by atoms with Crippen LogP contribution < -0.4 is 19.7 Å². The van der Waals surface area contributed by atoms with Gasteiger partial charge in [-0.05, 0) is 53.4 Å². The fraction of sp³-hybridized carbons (Fsp3) is 0.185. The molecule has 8 nitrogen and oxygen atoms in total. The maximum absolute atomic E-state index is 13.0. The number of para-hydroxylation sites is 1. The number of carbonyl (C=O) groups is 1. The minimum absolute atomic E-state index is 0.238. The number of aromatic nitrogens is 3. The zero-order valence-electron chi connectivity index (χ0n) is 19.3. The predicted octanol–water partition coefficient (Wildman–Crippen LogP) is 4.08. The van der Waals surface area contributed by atoms with Crippen molar-refractivity contribution in [2.45, 2.75) is 19.6 Å². The number of fused-ring (bicyclic) bond motifs is 1. The van der Waals surface area contributed by atoms with Gasteiger partial charge in [-0.1, -0.05) is 30.3 Å². The minimum Gasteiger partial charge on any atom is -0.497 e. The first kappa shape index (κ1) is 22.3. The Morgan fingerprint density at radius 1 is 1.03 bits per heavy atom. The Hall–Kier alpha value is -4.46. The van der Waals surface area contributed by atoms with Crippen LogP contribution >= 0.6 is 0 Å². The topological polar surface area (TPSA) is 89.5 Å². The third-order valence-corrected chi connectivity index (χ3v) is 5.85. The molecule has 2 aromatic heterocycles. The molecule has 0 atom stereocenters. The van der Waals surface area contributed by atoms with E-state index >= 15 is 0 Å². The molecule has 176 valence electrons. The van der Waals surface area contributed by atoms with Crippen molar-refractivity contribution in [3.05, 3.63) is 102 Å². The smallest absolute Gasteiger partial charge is 0.258 e. The van der Waals surface area contributed by atoms with Crippen LogP contribution in [0.2, 0.25) is 0 Å². The van der Waals surface area contributed by atoms with Crippen LogP contribution in [0.1, 0.15) is 27.0 Å². The molecule has 0 bridgehead atoms. The van der Waals surface area contributed by atoms with E-state index < -0.39 is 0 Å². The number of pyridine rings is 1. The molecular weight excluding hydrogens is 442 g/mol. The number of rotatable bonds is 8. The zero-order valence-corrected chi connectivity index (χ0v) is 19.3. The highest BCUT2D eigenvalue weighted by Gasteiger charge is 2.24. The lowest BCUT2D eigenvalue weighted by atomic mass is 10.2. The lowest BCUT2D eigenvalue weighted by Crippen LogP contribution is -2.25. The number of nitrogens with zero attached hydrogens (tertiary/aromatic N) is 4. The van der Waals surface area contributed by atoms with Crippen LogP contribution in [-0.2, 0) is 19.6 Å². The summed E-state index contributed by atoms with van der Waals surface area (Å²) < 4.78 is 11.3. The lowest BCUT2D eigenvalue weighted by molar-refractivity contribution is 0.0945. The normalized spacial score (nSPS) is 12.2. The largest absolute Gasteiger partial charge is 0.497 e. The van der Waals surface area contributed by atoms with Crippen molar-refractivity contribution in [2.75, 3.05) is 18.6 Å². The molecule has 5 rings (SSSR count). The summed E-state index contributed by atoms with van der Waals surface area (Å²) in [6.45, 7) is 1.38. The van der Waals surface area contributed by atoms with Gasteiger partial charge in [0.25, 0.3) is 5.91 Å². The van der Waals surface area contributed by atoms with Gasteiger partial charge in [0.2, 0.25) is 11.8 Å². The van der Waals surface area contributed by atoms with Gasteiger partial charge in [0.15, 0.2) is 0 Å². The molecule has 3 heterocycles. The molecule has 2 aromatic carbocycles. The molecule has 1 aliphatic rings. The number of nitrogens with one attached hydrogen (secondary N) is 1. The average Bonchev–Trinajstić information content (AvgIpc) is 3.35. The number of hydrogen-bond acceptors (Lipinski definition) is 7. The van der Waals surface area contributed by atoms with Crippen LogP contribution in [0.25, 0.3) is 0 Å². The van der Waals surface area contributed by atoms with Crippen molar-refractivity contribution >= 4 is 17.5 Å². The van der Waals surface area contributed by atoms with Crippen LogP contribution in [0.3, 0.4) is 0 Å². The van der Waals surface area contributed by atoms with Gasteiger partial charge in [-0.25, -0.2) is 4.98 Å². The Labute approximate surface area is 203 Å². The number of carbonyl (C=O) groups excluding carboxylic acids is 1. The van der Waals surface area contributed by atoms with Gasteiger partial charge in [-0.2, -0.15) is 4.98 Å². The third-order valence-electron chi connectivity index (χ3n) is 5.85. The van der Waals surface area contributed by atoms with E-state index in [0.29, 0.717) is 12.5 Å². The third kappa shape index (κ3) is 5.06. The van der Waals surface area contributed by atoms with Crippen LogP contribution in [0, 0.1) is 0 Å². The number of methoxy groups -OCH3 is 1. The van der Waals surface area contributed by atoms with E-state index in [2.05, 4.69) is 32.4 Å². The van der Waals surface area contributed by atoms with Crippen molar-refractivity contribution in [3.63, 3.8) is 0 Å². The van der Waals surface area contributed by atoms with Gasteiger partial charge in [0, 0.05) is 37.4 Å². The summed E-state index contributed by atoms with van der Waals surface area (Å²) >= 11 is 0. The zero-order chi connectivity index (χ0) is 24.0. The maximum atomic E-state index is 13.0. The molecule has 0 unspecified atom stereocenters. The van der Waals surface area contributed by atoms with E-state index in [9.17, 15) is 4.79 Å².